The normalized spacial score (nSPS) is 18.0. The van der Waals surface area contributed by atoms with Gasteiger partial charge in [-0.05, 0) is 18.6 Å². The molecule has 13 heavy (non-hydrogen) atoms. The van der Waals surface area contributed by atoms with Crippen LogP contribution in [0.3, 0.4) is 0 Å². The summed E-state index contributed by atoms with van der Waals surface area (Å²) in [6.45, 7) is 3.41. The fraction of sp³-hybridized carbons (Fsp3) is 0.556. The van der Waals surface area contributed by atoms with Crippen LogP contribution >= 0.6 is 11.3 Å². The van der Waals surface area contributed by atoms with Gasteiger partial charge in [0.25, 0.3) is 0 Å². The van der Waals surface area contributed by atoms with Crippen LogP contribution in [0.2, 0.25) is 0 Å². The Kier molecular flexibility index (Phi) is 2.53. The molecule has 2 rings (SSSR count). The number of hydrogen-bond donors (Lipinski definition) is 0. The van der Waals surface area contributed by atoms with Crippen LogP contribution in [0.15, 0.2) is 6.07 Å². The molecule has 1 aliphatic heterocycles. The van der Waals surface area contributed by atoms with Crippen molar-refractivity contribution in [2.75, 3.05) is 20.3 Å². The molecular formula is C9H12O3S. The Morgan fingerprint density at radius 2 is 2.15 bits per heavy atom. The molecule has 0 aromatic carbocycles. The van der Waals surface area contributed by atoms with E-state index in [0.29, 0.717) is 13.2 Å². The number of rotatable bonds is 2. The molecule has 0 spiro atoms. The predicted molar refractivity (Wildman–Crippen MR) is 50.3 cm³/mol. The third kappa shape index (κ3) is 1.70. The van der Waals surface area contributed by atoms with Gasteiger partial charge in [-0.25, -0.2) is 0 Å². The van der Waals surface area contributed by atoms with Crippen molar-refractivity contribution in [1.29, 1.82) is 0 Å². The van der Waals surface area contributed by atoms with Crippen molar-refractivity contribution in [2.24, 2.45) is 0 Å². The SMILES string of the molecule is COc1cc(C)c(C2OCCO2)s1. The van der Waals surface area contributed by atoms with E-state index in [9.17, 15) is 0 Å². The van der Waals surface area contributed by atoms with Gasteiger partial charge in [-0.15, -0.1) is 0 Å². The quantitative estimate of drug-likeness (QED) is 0.731. The highest BCUT2D eigenvalue weighted by Crippen LogP contribution is 2.36. The first-order valence-electron chi connectivity index (χ1n) is 4.19. The molecule has 1 fully saturated rings. The van der Waals surface area contributed by atoms with Crippen LogP contribution in [0.25, 0.3) is 0 Å². The lowest BCUT2D eigenvalue weighted by Crippen LogP contribution is -1.95. The second-order valence-corrected chi connectivity index (χ2v) is 3.94. The molecule has 0 bridgehead atoms. The van der Waals surface area contributed by atoms with E-state index < -0.39 is 0 Å². The van der Waals surface area contributed by atoms with E-state index >= 15 is 0 Å². The van der Waals surface area contributed by atoms with Gasteiger partial charge in [0, 0.05) is 0 Å². The Bertz CT molecular complexity index is 289. The summed E-state index contributed by atoms with van der Waals surface area (Å²) in [4.78, 5) is 1.12. The minimum atomic E-state index is -0.172. The largest absolute Gasteiger partial charge is 0.487 e. The molecule has 0 saturated carbocycles. The van der Waals surface area contributed by atoms with Crippen LogP contribution in [0.5, 0.6) is 5.06 Å². The van der Waals surface area contributed by atoms with Crippen molar-refractivity contribution in [3.05, 3.63) is 16.5 Å². The molecule has 1 aromatic heterocycles. The summed E-state index contributed by atoms with van der Waals surface area (Å²) in [6, 6.07) is 2.00. The molecular weight excluding hydrogens is 188 g/mol. The van der Waals surface area contributed by atoms with Gasteiger partial charge in [0.15, 0.2) is 11.4 Å². The number of ether oxygens (including phenoxy) is 3. The van der Waals surface area contributed by atoms with Gasteiger partial charge >= 0.3 is 0 Å². The number of hydrogen-bond acceptors (Lipinski definition) is 4. The Labute approximate surface area is 81.2 Å². The lowest BCUT2D eigenvalue weighted by atomic mass is 10.3. The zero-order valence-electron chi connectivity index (χ0n) is 7.70. The highest BCUT2D eigenvalue weighted by atomic mass is 32.1. The predicted octanol–water partition coefficient (Wildman–Crippen LogP) is 2.11. The van der Waals surface area contributed by atoms with E-state index in [1.165, 1.54) is 5.56 Å². The number of methoxy groups -OCH3 is 1. The van der Waals surface area contributed by atoms with Crippen molar-refractivity contribution < 1.29 is 14.2 Å². The van der Waals surface area contributed by atoms with Crippen LogP contribution in [0.1, 0.15) is 16.7 Å². The molecule has 0 atom stereocenters. The molecule has 0 radical (unpaired) electrons. The van der Waals surface area contributed by atoms with Crippen molar-refractivity contribution >= 4 is 11.3 Å². The second kappa shape index (κ2) is 3.65. The third-order valence-corrected chi connectivity index (χ3v) is 3.19. The summed E-state index contributed by atoms with van der Waals surface area (Å²) in [5.41, 5.74) is 1.17. The molecule has 3 nitrogen and oxygen atoms in total. The Balaban J connectivity index is 2.22. The fourth-order valence-corrected chi connectivity index (χ4v) is 2.30. The molecule has 1 aliphatic rings. The first-order valence-corrected chi connectivity index (χ1v) is 5.00. The highest BCUT2D eigenvalue weighted by Gasteiger charge is 2.22. The van der Waals surface area contributed by atoms with Crippen molar-refractivity contribution in [3.63, 3.8) is 0 Å². The fourth-order valence-electron chi connectivity index (χ4n) is 1.31. The molecule has 0 aliphatic carbocycles. The van der Waals surface area contributed by atoms with Crippen molar-refractivity contribution in [3.8, 4) is 5.06 Å². The van der Waals surface area contributed by atoms with E-state index in [4.69, 9.17) is 14.2 Å². The maximum Gasteiger partial charge on any atom is 0.193 e. The van der Waals surface area contributed by atoms with E-state index in [1.807, 2.05) is 13.0 Å². The summed E-state index contributed by atoms with van der Waals surface area (Å²) in [5, 5.41) is 0.909. The van der Waals surface area contributed by atoms with Crippen LogP contribution in [0.4, 0.5) is 0 Å². The van der Waals surface area contributed by atoms with Crippen LogP contribution in [0, 0.1) is 6.92 Å². The minimum absolute atomic E-state index is 0.172. The van der Waals surface area contributed by atoms with Gasteiger partial charge in [0.2, 0.25) is 0 Å². The molecule has 0 amide bonds. The van der Waals surface area contributed by atoms with Crippen LogP contribution in [-0.4, -0.2) is 20.3 Å². The standard InChI is InChI=1S/C9H12O3S/c1-6-5-7(10-2)13-8(6)9-11-3-4-12-9/h5,9H,3-4H2,1-2H3. The number of thiophene rings is 1. The third-order valence-electron chi connectivity index (χ3n) is 1.97. The van der Waals surface area contributed by atoms with Gasteiger partial charge in [0.05, 0.1) is 25.2 Å². The average molecular weight is 200 g/mol. The molecule has 2 heterocycles. The summed E-state index contributed by atoms with van der Waals surface area (Å²) in [5.74, 6) is 0. The Morgan fingerprint density at radius 1 is 1.46 bits per heavy atom. The first-order chi connectivity index (χ1) is 6.31. The first kappa shape index (κ1) is 8.99. The van der Waals surface area contributed by atoms with Gasteiger partial charge in [-0.3, -0.25) is 0 Å². The van der Waals surface area contributed by atoms with Gasteiger partial charge in [-0.1, -0.05) is 11.3 Å². The molecule has 1 aromatic rings. The van der Waals surface area contributed by atoms with Crippen LogP contribution < -0.4 is 4.74 Å². The maximum absolute atomic E-state index is 5.41. The zero-order chi connectivity index (χ0) is 9.26. The zero-order valence-corrected chi connectivity index (χ0v) is 8.52. The van der Waals surface area contributed by atoms with Gasteiger partial charge in [-0.2, -0.15) is 0 Å². The molecule has 4 heteroatoms. The summed E-state index contributed by atoms with van der Waals surface area (Å²) < 4.78 is 16.0. The lowest BCUT2D eigenvalue weighted by Gasteiger charge is -2.06. The lowest BCUT2D eigenvalue weighted by molar-refractivity contribution is -0.0417. The van der Waals surface area contributed by atoms with E-state index in [0.717, 1.165) is 9.94 Å². The van der Waals surface area contributed by atoms with E-state index in [-0.39, 0.29) is 6.29 Å². The smallest absolute Gasteiger partial charge is 0.193 e. The second-order valence-electron chi connectivity index (χ2n) is 2.89. The topological polar surface area (TPSA) is 27.7 Å². The molecule has 1 saturated heterocycles. The average Bonchev–Trinajstić information content (AvgIpc) is 2.72. The van der Waals surface area contributed by atoms with E-state index in [2.05, 4.69) is 0 Å². The van der Waals surface area contributed by atoms with Gasteiger partial charge < -0.3 is 14.2 Å². The Morgan fingerprint density at radius 3 is 2.69 bits per heavy atom. The van der Waals surface area contributed by atoms with Gasteiger partial charge in [0.1, 0.15) is 0 Å². The maximum atomic E-state index is 5.41. The summed E-state index contributed by atoms with van der Waals surface area (Å²) in [7, 11) is 1.67. The van der Waals surface area contributed by atoms with Crippen LogP contribution in [-0.2, 0) is 9.47 Å². The summed E-state index contributed by atoms with van der Waals surface area (Å²) in [6.07, 6.45) is -0.172. The monoisotopic (exact) mass is 200 g/mol. The molecule has 72 valence electrons. The summed E-state index contributed by atoms with van der Waals surface area (Å²) >= 11 is 1.58. The highest BCUT2D eigenvalue weighted by molar-refractivity contribution is 7.14. The Hall–Kier alpha value is -0.580. The molecule has 0 unspecified atom stereocenters. The van der Waals surface area contributed by atoms with Crippen molar-refractivity contribution in [2.45, 2.75) is 13.2 Å². The molecule has 0 N–H and O–H groups in total. The number of aryl methyl sites for hydroxylation is 1. The van der Waals surface area contributed by atoms with E-state index in [1.54, 1.807) is 18.4 Å². The minimum Gasteiger partial charge on any atom is -0.487 e. The van der Waals surface area contributed by atoms with Crippen molar-refractivity contribution in [1.82, 2.24) is 0 Å².